The van der Waals surface area contributed by atoms with E-state index >= 15 is 0 Å². The molecule has 1 aliphatic rings. The molecule has 1 N–H and O–H groups in total. The van der Waals surface area contributed by atoms with E-state index in [0.29, 0.717) is 5.92 Å². The van der Waals surface area contributed by atoms with Crippen LogP contribution in [0.3, 0.4) is 0 Å². The Labute approximate surface area is 162 Å². The molecule has 2 aromatic rings. The number of methoxy groups -OCH3 is 1. The molecule has 3 rings (SSSR count). The van der Waals surface area contributed by atoms with Crippen molar-refractivity contribution >= 4 is 11.6 Å². The van der Waals surface area contributed by atoms with Crippen LogP contribution in [0.15, 0.2) is 60.2 Å². The second kappa shape index (κ2) is 9.03. The average Bonchev–Trinajstić information content (AvgIpc) is 2.69. The molecular formula is C24H29NO2. The third-order valence-corrected chi connectivity index (χ3v) is 5.04. The van der Waals surface area contributed by atoms with Crippen LogP contribution in [0, 0.1) is 5.92 Å². The van der Waals surface area contributed by atoms with Gasteiger partial charge in [-0.1, -0.05) is 42.5 Å². The molecule has 1 unspecified atom stereocenters. The monoisotopic (exact) mass is 363 g/mol. The summed E-state index contributed by atoms with van der Waals surface area (Å²) in [5, 5.41) is 9.38. The fourth-order valence-corrected chi connectivity index (χ4v) is 3.75. The Morgan fingerprint density at radius 1 is 1.15 bits per heavy atom. The highest BCUT2D eigenvalue weighted by Gasteiger charge is 2.22. The third kappa shape index (κ3) is 5.09. The van der Waals surface area contributed by atoms with E-state index in [-0.39, 0.29) is 6.61 Å². The van der Waals surface area contributed by atoms with Crippen molar-refractivity contribution in [1.82, 2.24) is 4.90 Å². The van der Waals surface area contributed by atoms with Crippen LogP contribution in [0.25, 0.3) is 11.6 Å². The molecule has 1 atom stereocenters. The van der Waals surface area contributed by atoms with Crippen molar-refractivity contribution < 1.29 is 9.84 Å². The Hall–Kier alpha value is -2.36. The van der Waals surface area contributed by atoms with Crippen LogP contribution >= 0.6 is 0 Å². The molecule has 0 radical (unpaired) electrons. The van der Waals surface area contributed by atoms with Crippen molar-refractivity contribution in [2.45, 2.75) is 19.4 Å². The Bertz CT molecular complexity index is 836. The van der Waals surface area contributed by atoms with Crippen molar-refractivity contribution in [3.63, 3.8) is 0 Å². The highest BCUT2D eigenvalue weighted by Crippen LogP contribution is 2.37. The van der Waals surface area contributed by atoms with Crippen LogP contribution < -0.4 is 4.74 Å². The zero-order valence-electron chi connectivity index (χ0n) is 16.5. The summed E-state index contributed by atoms with van der Waals surface area (Å²) in [4.78, 5) is 2.26. The maximum absolute atomic E-state index is 9.38. The number of rotatable bonds is 6. The van der Waals surface area contributed by atoms with Crippen molar-refractivity contribution in [1.29, 1.82) is 0 Å². The normalized spacial score (nSPS) is 18.6. The molecule has 0 aliphatic heterocycles. The van der Waals surface area contributed by atoms with E-state index in [9.17, 15) is 5.11 Å². The van der Waals surface area contributed by atoms with Gasteiger partial charge >= 0.3 is 0 Å². The number of hydrogen-bond donors (Lipinski definition) is 1. The first kappa shape index (κ1) is 19.4. The molecule has 142 valence electrons. The summed E-state index contributed by atoms with van der Waals surface area (Å²) in [5.41, 5.74) is 6.03. The summed E-state index contributed by atoms with van der Waals surface area (Å²) in [6.07, 6.45) is 6.78. The van der Waals surface area contributed by atoms with Crippen LogP contribution in [-0.4, -0.2) is 37.8 Å². The molecule has 0 bridgehead atoms. The number of hydrogen-bond acceptors (Lipinski definition) is 3. The Kier molecular flexibility index (Phi) is 6.49. The summed E-state index contributed by atoms with van der Waals surface area (Å²) < 4.78 is 5.43. The lowest BCUT2D eigenvalue weighted by atomic mass is 9.81. The fraction of sp³-hybridized carbons (Fsp3) is 0.333. The lowest BCUT2D eigenvalue weighted by Gasteiger charge is -2.29. The third-order valence-electron chi connectivity index (χ3n) is 5.04. The van der Waals surface area contributed by atoms with E-state index in [0.717, 1.165) is 36.3 Å². The maximum atomic E-state index is 9.38. The number of allylic oxidation sites excluding steroid dienone is 2. The average molecular weight is 364 g/mol. The first-order chi connectivity index (χ1) is 13.1. The highest BCUT2D eigenvalue weighted by molar-refractivity contribution is 5.75. The molecule has 0 saturated carbocycles. The summed E-state index contributed by atoms with van der Waals surface area (Å²) >= 11 is 0. The topological polar surface area (TPSA) is 32.7 Å². The van der Waals surface area contributed by atoms with Gasteiger partial charge in [0.2, 0.25) is 0 Å². The Morgan fingerprint density at radius 3 is 2.70 bits per heavy atom. The smallest absolute Gasteiger partial charge is 0.119 e. The highest BCUT2D eigenvalue weighted by atomic mass is 16.5. The van der Waals surface area contributed by atoms with E-state index in [1.165, 1.54) is 16.7 Å². The Morgan fingerprint density at radius 2 is 1.96 bits per heavy atom. The lowest BCUT2D eigenvalue weighted by molar-refractivity contribution is 0.282. The minimum Gasteiger partial charge on any atom is -0.497 e. The zero-order chi connectivity index (χ0) is 19.2. The molecule has 0 heterocycles. The summed E-state index contributed by atoms with van der Waals surface area (Å²) in [6, 6.07) is 16.5. The van der Waals surface area contributed by atoms with Crippen LogP contribution in [0.2, 0.25) is 0 Å². The van der Waals surface area contributed by atoms with E-state index in [1.807, 2.05) is 18.2 Å². The second-order valence-corrected chi connectivity index (χ2v) is 7.45. The second-order valence-electron chi connectivity index (χ2n) is 7.45. The minimum atomic E-state index is 0.0762. The molecule has 0 aromatic heterocycles. The van der Waals surface area contributed by atoms with Gasteiger partial charge in [0.05, 0.1) is 13.7 Å². The fourth-order valence-electron chi connectivity index (χ4n) is 3.75. The summed E-state index contributed by atoms with van der Waals surface area (Å²) in [7, 11) is 5.98. The van der Waals surface area contributed by atoms with Gasteiger partial charge in [-0.05, 0) is 78.9 Å². The molecule has 0 saturated heterocycles. The standard InChI is InChI=1S/C24H29NO2/c1-25(2)16-22-11-10-19(12-18-6-4-7-20(13-18)17-26)14-24(22)21-8-5-9-23(15-21)27-3/h4-9,12-15,22,26H,10-11,16-17H2,1-3H3/b19-12+. The number of aliphatic hydroxyl groups excluding tert-OH is 1. The van der Waals surface area contributed by atoms with Crippen LogP contribution in [0.4, 0.5) is 0 Å². The molecule has 3 nitrogen and oxygen atoms in total. The largest absolute Gasteiger partial charge is 0.497 e. The number of ether oxygens (including phenoxy) is 1. The van der Waals surface area contributed by atoms with Gasteiger partial charge in [-0.25, -0.2) is 0 Å². The number of aliphatic hydroxyl groups is 1. The van der Waals surface area contributed by atoms with Crippen LogP contribution in [-0.2, 0) is 6.61 Å². The van der Waals surface area contributed by atoms with Gasteiger partial charge in [-0.3, -0.25) is 0 Å². The van der Waals surface area contributed by atoms with Gasteiger partial charge in [0, 0.05) is 6.54 Å². The van der Waals surface area contributed by atoms with Crippen molar-refractivity contribution in [2.75, 3.05) is 27.7 Å². The molecule has 2 aromatic carbocycles. The first-order valence-corrected chi connectivity index (χ1v) is 9.50. The minimum absolute atomic E-state index is 0.0762. The van der Waals surface area contributed by atoms with Gasteiger partial charge in [0.25, 0.3) is 0 Å². The van der Waals surface area contributed by atoms with E-state index in [4.69, 9.17) is 4.74 Å². The van der Waals surface area contributed by atoms with Gasteiger partial charge < -0.3 is 14.7 Å². The quantitative estimate of drug-likeness (QED) is 0.812. The zero-order valence-corrected chi connectivity index (χ0v) is 16.5. The number of nitrogens with zero attached hydrogens (tertiary/aromatic N) is 1. The van der Waals surface area contributed by atoms with Crippen LogP contribution in [0.1, 0.15) is 29.5 Å². The SMILES string of the molecule is COc1cccc(C2=C/C(=C/c3cccc(CO)c3)CCC2CN(C)C)c1. The lowest BCUT2D eigenvalue weighted by Crippen LogP contribution is -2.24. The molecular weight excluding hydrogens is 334 g/mol. The van der Waals surface area contributed by atoms with Crippen molar-refractivity contribution in [3.05, 3.63) is 76.9 Å². The molecule has 1 aliphatic carbocycles. The molecule has 0 spiro atoms. The van der Waals surface area contributed by atoms with Gasteiger partial charge in [0.1, 0.15) is 5.75 Å². The van der Waals surface area contributed by atoms with Gasteiger partial charge in [-0.2, -0.15) is 0 Å². The predicted molar refractivity (Wildman–Crippen MR) is 113 cm³/mol. The van der Waals surface area contributed by atoms with Crippen LogP contribution in [0.5, 0.6) is 5.75 Å². The van der Waals surface area contributed by atoms with E-state index < -0.39 is 0 Å². The summed E-state index contributed by atoms with van der Waals surface area (Å²) in [6.45, 7) is 1.11. The van der Waals surface area contributed by atoms with Crippen molar-refractivity contribution in [2.24, 2.45) is 5.92 Å². The Balaban J connectivity index is 1.98. The van der Waals surface area contributed by atoms with Gasteiger partial charge in [0.15, 0.2) is 0 Å². The van der Waals surface area contributed by atoms with E-state index in [1.54, 1.807) is 7.11 Å². The predicted octanol–water partition coefficient (Wildman–Crippen LogP) is 4.63. The number of benzene rings is 2. The first-order valence-electron chi connectivity index (χ1n) is 9.50. The summed E-state index contributed by atoms with van der Waals surface area (Å²) in [5.74, 6) is 1.40. The molecule has 0 amide bonds. The van der Waals surface area contributed by atoms with E-state index in [2.05, 4.69) is 61.5 Å². The maximum Gasteiger partial charge on any atom is 0.119 e. The van der Waals surface area contributed by atoms with Gasteiger partial charge in [-0.15, -0.1) is 0 Å². The van der Waals surface area contributed by atoms with Crippen molar-refractivity contribution in [3.8, 4) is 5.75 Å². The molecule has 3 heteroatoms. The molecule has 27 heavy (non-hydrogen) atoms. The molecule has 0 fully saturated rings.